The smallest absolute Gasteiger partial charge is 0.244 e. The topological polar surface area (TPSA) is 49.4 Å². The van der Waals surface area contributed by atoms with Crippen LogP contribution in [-0.2, 0) is 21.4 Å². The minimum Gasteiger partial charge on any atom is -0.333 e. The van der Waals surface area contributed by atoms with E-state index in [9.17, 15) is 14.0 Å². The van der Waals surface area contributed by atoms with Gasteiger partial charge in [0.25, 0.3) is 0 Å². The molecule has 0 spiro atoms. The number of para-hydroxylation sites is 1. The van der Waals surface area contributed by atoms with Crippen LogP contribution in [0.4, 0.5) is 10.1 Å². The van der Waals surface area contributed by atoms with Crippen molar-refractivity contribution in [1.29, 1.82) is 0 Å². The minimum atomic E-state index is -0.293. The van der Waals surface area contributed by atoms with Crippen LogP contribution in [0, 0.1) is 5.82 Å². The van der Waals surface area contributed by atoms with E-state index in [0.717, 1.165) is 16.8 Å². The predicted octanol–water partition coefficient (Wildman–Crippen LogP) is 4.15. The molecule has 2 aromatic rings. The number of hydrogen-bond acceptors (Lipinski definition) is 2. The van der Waals surface area contributed by atoms with Crippen molar-refractivity contribution >= 4 is 17.5 Å². The molecule has 144 valence electrons. The van der Waals surface area contributed by atoms with E-state index >= 15 is 0 Å². The minimum absolute atomic E-state index is 0.0188. The summed E-state index contributed by atoms with van der Waals surface area (Å²) in [6, 6.07) is 13.8. The molecule has 27 heavy (non-hydrogen) atoms. The van der Waals surface area contributed by atoms with Gasteiger partial charge in [-0.2, -0.15) is 0 Å². The van der Waals surface area contributed by atoms with Gasteiger partial charge in [0.15, 0.2) is 0 Å². The van der Waals surface area contributed by atoms with E-state index in [0.29, 0.717) is 13.0 Å². The maximum Gasteiger partial charge on any atom is 0.244 e. The van der Waals surface area contributed by atoms with Gasteiger partial charge in [-0.25, -0.2) is 4.39 Å². The van der Waals surface area contributed by atoms with Crippen LogP contribution < -0.4 is 5.32 Å². The molecule has 0 atom stereocenters. The summed E-state index contributed by atoms with van der Waals surface area (Å²) in [5.41, 5.74) is 2.62. The summed E-state index contributed by atoms with van der Waals surface area (Å²) in [6.45, 7) is 8.08. The molecule has 0 bridgehead atoms. The first kappa shape index (κ1) is 20.6. The van der Waals surface area contributed by atoms with E-state index in [4.69, 9.17) is 0 Å². The van der Waals surface area contributed by atoms with Crippen LogP contribution in [0.25, 0.3) is 0 Å². The highest BCUT2D eigenvalue weighted by Crippen LogP contribution is 2.29. The molecule has 2 aromatic carbocycles. The summed E-state index contributed by atoms with van der Waals surface area (Å²) in [4.78, 5) is 25.9. The molecule has 0 radical (unpaired) electrons. The second-order valence-corrected chi connectivity index (χ2v) is 7.66. The Labute approximate surface area is 160 Å². The van der Waals surface area contributed by atoms with Gasteiger partial charge in [-0.3, -0.25) is 9.59 Å². The quantitative estimate of drug-likeness (QED) is 0.830. The van der Waals surface area contributed by atoms with E-state index in [1.807, 2.05) is 24.3 Å². The molecule has 0 heterocycles. The van der Waals surface area contributed by atoms with Crippen LogP contribution in [0.5, 0.6) is 0 Å². The molecular formula is C22H27FN2O2. The third kappa shape index (κ3) is 6.20. The number of carbonyl (C=O) groups is 2. The van der Waals surface area contributed by atoms with Gasteiger partial charge < -0.3 is 10.2 Å². The highest BCUT2D eigenvalue weighted by Gasteiger charge is 2.20. The van der Waals surface area contributed by atoms with Crippen LogP contribution in [0.2, 0.25) is 0 Å². The number of hydrogen-bond donors (Lipinski definition) is 1. The second kappa shape index (κ2) is 8.80. The molecule has 0 aliphatic carbocycles. The number of halogens is 1. The lowest BCUT2D eigenvalue weighted by Gasteiger charge is -2.24. The molecule has 0 unspecified atom stereocenters. The number of benzene rings is 2. The van der Waals surface area contributed by atoms with Crippen molar-refractivity contribution in [1.82, 2.24) is 4.90 Å². The molecule has 2 amide bonds. The van der Waals surface area contributed by atoms with E-state index in [1.54, 1.807) is 12.1 Å². The fourth-order valence-corrected chi connectivity index (χ4v) is 2.87. The molecule has 0 fully saturated rings. The normalized spacial score (nSPS) is 11.1. The third-order valence-electron chi connectivity index (χ3n) is 4.37. The Hall–Kier alpha value is -2.69. The molecule has 4 nitrogen and oxygen atoms in total. The number of carbonyl (C=O) groups excluding carboxylic acids is 2. The maximum atomic E-state index is 13.0. The van der Waals surface area contributed by atoms with Crippen molar-refractivity contribution in [2.75, 3.05) is 18.4 Å². The lowest BCUT2D eigenvalue weighted by molar-refractivity contribution is -0.132. The highest BCUT2D eigenvalue weighted by molar-refractivity contribution is 5.95. The van der Waals surface area contributed by atoms with Crippen molar-refractivity contribution in [3.8, 4) is 0 Å². The first-order valence-corrected chi connectivity index (χ1v) is 9.06. The van der Waals surface area contributed by atoms with Crippen LogP contribution in [0.3, 0.4) is 0 Å². The van der Waals surface area contributed by atoms with Crippen molar-refractivity contribution in [3.05, 3.63) is 65.5 Å². The number of amides is 2. The molecular weight excluding hydrogens is 343 g/mol. The average molecular weight is 370 g/mol. The average Bonchev–Trinajstić information content (AvgIpc) is 2.59. The van der Waals surface area contributed by atoms with Crippen LogP contribution in [-0.4, -0.2) is 29.8 Å². The lowest BCUT2D eigenvalue weighted by Crippen LogP contribution is -2.38. The number of rotatable bonds is 6. The summed E-state index contributed by atoms with van der Waals surface area (Å²) in [6.07, 6.45) is 0.561. The van der Waals surface area contributed by atoms with E-state index in [-0.39, 0.29) is 29.6 Å². The standard InChI is InChI=1S/C22H27FN2O2/c1-16(26)25(14-13-17-9-11-18(23)12-10-17)15-21(27)24-20-8-6-5-7-19(20)22(2,3)4/h5-12H,13-15H2,1-4H3,(H,24,27). The molecule has 5 heteroatoms. The van der Waals surface area contributed by atoms with Gasteiger partial charge in [-0.15, -0.1) is 0 Å². The largest absolute Gasteiger partial charge is 0.333 e. The van der Waals surface area contributed by atoms with Crippen molar-refractivity contribution in [2.45, 2.75) is 39.5 Å². The lowest BCUT2D eigenvalue weighted by atomic mass is 9.86. The fraction of sp³-hybridized carbons (Fsp3) is 0.364. The Morgan fingerprint density at radius 1 is 1.04 bits per heavy atom. The first-order chi connectivity index (χ1) is 12.7. The van der Waals surface area contributed by atoms with Crippen LogP contribution in [0.1, 0.15) is 38.8 Å². The van der Waals surface area contributed by atoms with Gasteiger partial charge in [-0.1, -0.05) is 51.1 Å². The summed E-state index contributed by atoms with van der Waals surface area (Å²) < 4.78 is 13.0. The Bertz CT molecular complexity index is 795. The van der Waals surface area contributed by atoms with Gasteiger partial charge >= 0.3 is 0 Å². The molecule has 0 saturated heterocycles. The van der Waals surface area contributed by atoms with Crippen LogP contribution >= 0.6 is 0 Å². The fourth-order valence-electron chi connectivity index (χ4n) is 2.87. The summed E-state index contributed by atoms with van der Waals surface area (Å²) in [5.74, 6) is -0.698. The van der Waals surface area contributed by atoms with Crippen molar-refractivity contribution in [2.24, 2.45) is 0 Å². The van der Waals surface area contributed by atoms with Crippen molar-refractivity contribution in [3.63, 3.8) is 0 Å². The zero-order chi connectivity index (χ0) is 20.0. The van der Waals surface area contributed by atoms with E-state index in [1.165, 1.54) is 24.0 Å². The molecule has 0 aliphatic heterocycles. The monoisotopic (exact) mass is 370 g/mol. The number of nitrogens with zero attached hydrogens (tertiary/aromatic N) is 1. The summed E-state index contributed by atoms with van der Waals surface area (Å²) in [5, 5.41) is 2.93. The maximum absolute atomic E-state index is 13.0. The molecule has 0 saturated carbocycles. The number of anilines is 1. The Balaban J connectivity index is 2.01. The SMILES string of the molecule is CC(=O)N(CCc1ccc(F)cc1)CC(=O)Nc1ccccc1C(C)(C)C. The molecule has 0 aromatic heterocycles. The first-order valence-electron chi connectivity index (χ1n) is 9.06. The Morgan fingerprint density at radius 2 is 1.67 bits per heavy atom. The zero-order valence-electron chi connectivity index (χ0n) is 16.4. The molecule has 1 N–H and O–H groups in total. The Morgan fingerprint density at radius 3 is 2.26 bits per heavy atom. The second-order valence-electron chi connectivity index (χ2n) is 7.66. The van der Waals surface area contributed by atoms with Gasteiger partial charge in [-0.05, 0) is 41.2 Å². The molecule has 2 rings (SSSR count). The predicted molar refractivity (Wildman–Crippen MR) is 106 cm³/mol. The third-order valence-corrected chi connectivity index (χ3v) is 4.37. The van der Waals surface area contributed by atoms with Crippen molar-refractivity contribution < 1.29 is 14.0 Å². The summed E-state index contributed by atoms with van der Waals surface area (Å²) in [7, 11) is 0. The Kier molecular flexibility index (Phi) is 6.72. The van der Waals surface area contributed by atoms with Gasteiger partial charge in [0.05, 0.1) is 6.54 Å². The molecule has 0 aliphatic rings. The van der Waals surface area contributed by atoms with Crippen LogP contribution in [0.15, 0.2) is 48.5 Å². The number of nitrogens with one attached hydrogen (secondary N) is 1. The highest BCUT2D eigenvalue weighted by atomic mass is 19.1. The van der Waals surface area contributed by atoms with E-state index in [2.05, 4.69) is 26.1 Å². The van der Waals surface area contributed by atoms with E-state index < -0.39 is 0 Å². The summed E-state index contributed by atoms with van der Waals surface area (Å²) >= 11 is 0. The van der Waals surface area contributed by atoms with Gasteiger partial charge in [0.2, 0.25) is 11.8 Å². The van der Waals surface area contributed by atoms with Gasteiger partial charge in [0, 0.05) is 19.2 Å². The van der Waals surface area contributed by atoms with Gasteiger partial charge in [0.1, 0.15) is 5.82 Å². The zero-order valence-corrected chi connectivity index (χ0v) is 16.4.